The number of aromatic hydroxyl groups is 1. The molecule has 0 aromatic heterocycles. The fourth-order valence-electron chi connectivity index (χ4n) is 5.26. The van der Waals surface area contributed by atoms with Crippen LogP contribution in [0.2, 0.25) is 0 Å². The smallest absolute Gasteiger partial charge is 0.231 e. The van der Waals surface area contributed by atoms with Gasteiger partial charge in [-0.05, 0) is 64.9 Å². The Morgan fingerprint density at radius 2 is 1.77 bits per heavy atom. The lowest BCUT2D eigenvalue weighted by Crippen LogP contribution is -2.43. The van der Waals surface area contributed by atoms with Gasteiger partial charge in [-0.25, -0.2) is 0 Å². The summed E-state index contributed by atoms with van der Waals surface area (Å²) in [5.74, 6) is 2.39. The minimum atomic E-state index is 0.105. The van der Waals surface area contributed by atoms with Crippen LogP contribution in [0, 0.1) is 0 Å². The van der Waals surface area contributed by atoms with E-state index in [9.17, 15) is 5.11 Å². The van der Waals surface area contributed by atoms with E-state index < -0.39 is 0 Å². The van der Waals surface area contributed by atoms with Crippen molar-refractivity contribution in [1.82, 2.24) is 4.90 Å². The van der Waals surface area contributed by atoms with Crippen LogP contribution in [0.25, 0.3) is 0 Å². The van der Waals surface area contributed by atoms with E-state index in [0.717, 1.165) is 36.4 Å². The second-order valence-electron chi connectivity index (χ2n) is 8.15. The van der Waals surface area contributed by atoms with Gasteiger partial charge in [0.2, 0.25) is 6.79 Å². The van der Waals surface area contributed by atoms with Crippen molar-refractivity contribution in [2.24, 2.45) is 0 Å². The molecule has 5 heteroatoms. The number of nitrogens with zero attached hydrogens (tertiary/aromatic N) is 1. The van der Waals surface area contributed by atoms with Crippen molar-refractivity contribution in [3.63, 3.8) is 0 Å². The molecule has 0 radical (unpaired) electrons. The Morgan fingerprint density at radius 1 is 0.967 bits per heavy atom. The molecule has 0 spiro atoms. The third-order valence-corrected chi connectivity index (χ3v) is 6.63. The molecule has 0 fully saturated rings. The number of fused-ring (bicyclic) bond motifs is 5. The minimum absolute atomic E-state index is 0.105. The highest BCUT2D eigenvalue weighted by Gasteiger charge is 2.40. The molecule has 5 nitrogen and oxygen atoms in total. The van der Waals surface area contributed by atoms with Crippen molar-refractivity contribution in [3.8, 4) is 23.0 Å². The molecule has 6 rings (SSSR count). The van der Waals surface area contributed by atoms with Crippen LogP contribution in [0.1, 0.15) is 39.9 Å². The summed E-state index contributed by atoms with van der Waals surface area (Å²) >= 11 is 0. The third kappa shape index (κ3) is 2.58. The van der Waals surface area contributed by atoms with Crippen molar-refractivity contribution < 1.29 is 19.3 Å². The zero-order chi connectivity index (χ0) is 20.2. The van der Waals surface area contributed by atoms with Crippen LogP contribution in [0.15, 0.2) is 54.6 Å². The van der Waals surface area contributed by atoms with Crippen molar-refractivity contribution in [3.05, 3.63) is 82.4 Å². The summed E-state index contributed by atoms with van der Waals surface area (Å²) < 4.78 is 16.7. The van der Waals surface area contributed by atoms with Crippen LogP contribution in [-0.4, -0.2) is 30.5 Å². The number of phenols is 1. The summed E-state index contributed by atoms with van der Waals surface area (Å²) in [7, 11) is 1.60. The zero-order valence-corrected chi connectivity index (χ0v) is 16.8. The van der Waals surface area contributed by atoms with Gasteiger partial charge in [0.25, 0.3) is 0 Å². The van der Waals surface area contributed by atoms with Crippen LogP contribution in [0.3, 0.4) is 0 Å². The topological polar surface area (TPSA) is 51.2 Å². The summed E-state index contributed by atoms with van der Waals surface area (Å²) in [5.41, 5.74) is 6.24. The average molecular weight is 401 g/mol. The molecule has 3 heterocycles. The number of ether oxygens (including phenoxy) is 3. The Balaban J connectivity index is 1.53. The Hall–Kier alpha value is -3.18. The van der Waals surface area contributed by atoms with E-state index >= 15 is 0 Å². The first kappa shape index (κ1) is 17.7. The van der Waals surface area contributed by atoms with Gasteiger partial charge >= 0.3 is 0 Å². The molecule has 152 valence electrons. The fourth-order valence-corrected chi connectivity index (χ4v) is 5.26. The van der Waals surface area contributed by atoms with Crippen molar-refractivity contribution in [2.45, 2.75) is 24.9 Å². The molecule has 0 aliphatic carbocycles. The van der Waals surface area contributed by atoms with Crippen molar-refractivity contribution in [2.75, 3.05) is 20.4 Å². The molecule has 3 aliphatic rings. The van der Waals surface area contributed by atoms with Gasteiger partial charge in [0.15, 0.2) is 23.0 Å². The Kier molecular flexibility index (Phi) is 3.93. The quantitative estimate of drug-likeness (QED) is 0.691. The molecular formula is C25H23NO4. The predicted octanol–water partition coefficient (Wildman–Crippen LogP) is 4.37. The number of phenolic OH excluding ortho intramolecular Hbond substituents is 1. The van der Waals surface area contributed by atoms with Gasteiger partial charge in [-0.15, -0.1) is 0 Å². The predicted molar refractivity (Wildman–Crippen MR) is 112 cm³/mol. The van der Waals surface area contributed by atoms with E-state index in [1.807, 2.05) is 18.2 Å². The van der Waals surface area contributed by atoms with Gasteiger partial charge in [-0.3, -0.25) is 4.90 Å². The maximum Gasteiger partial charge on any atom is 0.231 e. The van der Waals surface area contributed by atoms with Gasteiger partial charge in [0.1, 0.15) is 0 Å². The van der Waals surface area contributed by atoms with E-state index in [-0.39, 0.29) is 24.6 Å². The molecule has 3 aromatic carbocycles. The molecule has 3 aromatic rings. The van der Waals surface area contributed by atoms with Gasteiger partial charge < -0.3 is 19.3 Å². The normalized spacial score (nSPS) is 21.5. The van der Waals surface area contributed by atoms with Crippen LogP contribution < -0.4 is 14.2 Å². The van der Waals surface area contributed by atoms with Gasteiger partial charge in [-0.2, -0.15) is 0 Å². The molecule has 0 saturated carbocycles. The number of benzene rings is 3. The first-order valence-electron chi connectivity index (χ1n) is 10.4. The molecule has 3 aliphatic heterocycles. The lowest BCUT2D eigenvalue weighted by molar-refractivity contribution is 0.128. The Labute approximate surface area is 175 Å². The number of hydrogen-bond acceptors (Lipinski definition) is 5. The first-order chi connectivity index (χ1) is 14.7. The molecule has 0 amide bonds. The van der Waals surface area contributed by atoms with Crippen molar-refractivity contribution >= 4 is 0 Å². The molecule has 1 N–H and O–H groups in total. The Morgan fingerprint density at radius 3 is 2.57 bits per heavy atom. The van der Waals surface area contributed by atoms with Crippen LogP contribution in [-0.2, 0) is 12.8 Å². The third-order valence-electron chi connectivity index (χ3n) is 6.63. The number of hydrogen-bond donors (Lipinski definition) is 1. The Bertz CT molecular complexity index is 1130. The SMILES string of the molecule is COc1cc2c(cc1O)C[C@H]1c3cc4c(cc3CCN1[C@@H]2c1ccccc1)OCO4. The van der Waals surface area contributed by atoms with Gasteiger partial charge in [-0.1, -0.05) is 30.3 Å². The fraction of sp³-hybridized carbons (Fsp3) is 0.280. The summed E-state index contributed by atoms with van der Waals surface area (Å²) in [6.45, 7) is 1.25. The summed E-state index contributed by atoms with van der Waals surface area (Å²) in [5, 5.41) is 10.5. The van der Waals surface area contributed by atoms with Crippen LogP contribution >= 0.6 is 0 Å². The lowest BCUT2D eigenvalue weighted by Gasteiger charge is -2.47. The van der Waals surface area contributed by atoms with Crippen molar-refractivity contribution in [1.29, 1.82) is 0 Å². The molecule has 0 unspecified atom stereocenters. The van der Waals surface area contributed by atoms with Crippen LogP contribution in [0.5, 0.6) is 23.0 Å². The molecular weight excluding hydrogens is 378 g/mol. The summed E-state index contributed by atoms with van der Waals surface area (Å²) in [6, 6.07) is 19.1. The standard InChI is InChI=1S/C25H23NO4/c1-28-22-13-19-17(10-21(22)27)9-20-18-12-24-23(29-14-30-24)11-16(18)7-8-26(20)25(19)15-5-3-2-4-6-15/h2-6,10-13,20,25,27H,7-9,14H2,1H3/t20-,25+/m0/s1. The summed E-state index contributed by atoms with van der Waals surface area (Å²) in [4.78, 5) is 2.58. The maximum atomic E-state index is 10.5. The highest BCUT2D eigenvalue weighted by atomic mass is 16.7. The monoisotopic (exact) mass is 401 g/mol. The van der Waals surface area contributed by atoms with E-state index in [2.05, 4.69) is 41.3 Å². The van der Waals surface area contributed by atoms with E-state index in [1.165, 1.54) is 22.3 Å². The molecule has 0 bridgehead atoms. The van der Waals surface area contributed by atoms with Gasteiger partial charge in [0.05, 0.1) is 13.2 Å². The largest absolute Gasteiger partial charge is 0.504 e. The highest BCUT2D eigenvalue weighted by Crippen LogP contribution is 2.50. The highest BCUT2D eigenvalue weighted by molar-refractivity contribution is 5.55. The molecule has 0 saturated heterocycles. The molecule has 2 atom stereocenters. The maximum absolute atomic E-state index is 10.5. The average Bonchev–Trinajstić information content (AvgIpc) is 3.23. The zero-order valence-electron chi connectivity index (χ0n) is 16.8. The van der Waals surface area contributed by atoms with Crippen LogP contribution in [0.4, 0.5) is 0 Å². The summed E-state index contributed by atoms with van der Waals surface area (Å²) in [6.07, 6.45) is 1.80. The first-order valence-corrected chi connectivity index (χ1v) is 10.4. The lowest BCUT2D eigenvalue weighted by atomic mass is 9.78. The minimum Gasteiger partial charge on any atom is -0.504 e. The molecule has 30 heavy (non-hydrogen) atoms. The van der Waals surface area contributed by atoms with E-state index in [0.29, 0.717) is 5.75 Å². The van der Waals surface area contributed by atoms with Gasteiger partial charge in [0, 0.05) is 12.6 Å². The number of methoxy groups -OCH3 is 1. The van der Waals surface area contributed by atoms with E-state index in [4.69, 9.17) is 14.2 Å². The second kappa shape index (κ2) is 6.67. The van der Waals surface area contributed by atoms with E-state index in [1.54, 1.807) is 7.11 Å². The second-order valence-corrected chi connectivity index (χ2v) is 8.15. The number of rotatable bonds is 2.